The van der Waals surface area contributed by atoms with Gasteiger partial charge in [-0.2, -0.15) is 0 Å². The smallest absolute Gasteiger partial charge is 0.207 e. The first-order valence-corrected chi connectivity index (χ1v) is 6.67. The molecule has 0 spiro atoms. The van der Waals surface area contributed by atoms with Crippen molar-refractivity contribution in [1.29, 1.82) is 0 Å². The quantitative estimate of drug-likeness (QED) is 0.701. The fourth-order valence-corrected chi connectivity index (χ4v) is 3.11. The van der Waals surface area contributed by atoms with Crippen molar-refractivity contribution in [3.05, 3.63) is 0 Å². The second kappa shape index (κ2) is 5.63. The van der Waals surface area contributed by atoms with E-state index in [0.717, 1.165) is 12.3 Å². The minimum Gasteiger partial charge on any atom is -0.349 e. The zero-order valence-corrected chi connectivity index (χ0v) is 10.5. The molecule has 2 atom stereocenters. The van der Waals surface area contributed by atoms with E-state index >= 15 is 0 Å². The van der Waals surface area contributed by atoms with Crippen LogP contribution in [0.25, 0.3) is 0 Å². The number of amides is 1. The zero-order chi connectivity index (χ0) is 12.3. The molecule has 0 aromatic carbocycles. The number of rotatable bonds is 6. The van der Waals surface area contributed by atoms with Gasteiger partial charge in [0.15, 0.2) is 5.78 Å². The molecule has 0 aromatic heterocycles. The number of fused-ring (bicyclic) bond motifs is 3. The SMILES string of the molecule is CC(NC=O)C(=O)CCC1CC2CCN1CC2. The minimum absolute atomic E-state index is 0.153. The summed E-state index contributed by atoms with van der Waals surface area (Å²) < 4.78 is 0. The highest BCUT2D eigenvalue weighted by atomic mass is 16.1. The second-order valence-corrected chi connectivity index (χ2v) is 5.38. The Kier molecular flexibility index (Phi) is 4.15. The third-order valence-electron chi connectivity index (χ3n) is 4.30. The largest absolute Gasteiger partial charge is 0.349 e. The number of ketones is 1. The lowest BCUT2D eigenvalue weighted by molar-refractivity contribution is -0.123. The van der Waals surface area contributed by atoms with E-state index in [1.165, 1.54) is 32.4 Å². The van der Waals surface area contributed by atoms with E-state index in [9.17, 15) is 9.59 Å². The monoisotopic (exact) mass is 238 g/mol. The first kappa shape index (κ1) is 12.6. The minimum atomic E-state index is -0.330. The Hall–Kier alpha value is -0.900. The van der Waals surface area contributed by atoms with Crippen LogP contribution >= 0.6 is 0 Å². The fraction of sp³-hybridized carbons (Fsp3) is 0.846. The molecule has 3 aliphatic rings. The molecule has 3 saturated heterocycles. The molecule has 3 fully saturated rings. The van der Waals surface area contributed by atoms with Gasteiger partial charge in [-0.3, -0.25) is 9.59 Å². The first-order valence-electron chi connectivity index (χ1n) is 6.67. The number of nitrogens with one attached hydrogen (secondary N) is 1. The van der Waals surface area contributed by atoms with Gasteiger partial charge in [0.1, 0.15) is 0 Å². The van der Waals surface area contributed by atoms with Crippen LogP contribution in [0.3, 0.4) is 0 Å². The average Bonchev–Trinajstić information content (AvgIpc) is 2.37. The van der Waals surface area contributed by atoms with Crippen molar-refractivity contribution >= 4 is 12.2 Å². The molecule has 17 heavy (non-hydrogen) atoms. The van der Waals surface area contributed by atoms with Gasteiger partial charge in [-0.05, 0) is 51.6 Å². The number of hydrogen-bond donors (Lipinski definition) is 1. The molecule has 96 valence electrons. The van der Waals surface area contributed by atoms with Crippen LogP contribution in [0.2, 0.25) is 0 Å². The third-order valence-corrected chi connectivity index (χ3v) is 4.30. The van der Waals surface area contributed by atoms with Crippen LogP contribution in [0, 0.1) is 5.92 Å². The van der Waals surface area contributed by atoms with Crippen molar-refractivity contribution in [2.75, 3.05) is 13.1 Å². The van der Waals surface area contributed by atoms with Gasteiger partial charge in [-0.15, -0.1) is 0 Å². The standard InChI is InChI=1S/C13H22N2O2/c1-10(14-9-16)13(17)3-2-12-8-11-4-6-15(12)7-5-11/h9-12H,2-8H2,1H3,(H,14,16). The van der Waals surface area contributed by atoms with E-state index in [2.05, 4.69) is 10.2 Å². The maximum Gasteiger partial charge on any atom is 0.207 e. The summed E-state index contributed by atoms with van der Waals surface area (Å²) in [7, 11) is 0. The van der Waals surface area contributed by atoms with Gasteiger partial charge < -0.3 is 10.2 Å². The lowest BCUT2D eigenvalue weighted by Gasteiger charge is -2.45. The van der Waals surface area contributed by atoms with Gasteiger partial charge in [0.25, 0.3) is 0 Å². The average molecular weight is 238 g/mol. The summed E-state index contributed by atoms with van der Waals surface area (Å²) >= 11 is 0. The van der Waals surface area contributed by atoms with E-state index in [1.807, 2.05) is 0 Å². The Balaban J connectivity index is 1.74. The van der Waals surface area contributed by atoms with Crippen molar-refractivity contribution in [3.63, 3.8) is 0 Å². The molecule has 2 bridgehead atoms. The molecule has 2 unspecified atom stereocenters. The lowest BCUT2D eigenvalue weighted by Crippen LogP contribution is -2.49. The van der Waals surface area contributed by atoms with E-state index in [4.69, 9.17) is 0 Å². The molecule has 1 N–H and O–H groups in total. The maximum atomic E-state index is 11.7. The van der Waals surface area contributed by atoms with Crippen molar-refractivity contribution in [2.45, 2.75) is 51.1 Å². The van der Waals surface area contributed by atoms with Crippen LogP contribution in [0.5, 0.6) is 0 Å². The van der Waals surface area contributed by atoms with Gasteiger partial charge in [0.05, 0.1) is 6.04 Å². The molecule has 3 rings (SSSR count). The van der Waals surface area contributed by atoms with Crippen LogP contribution < -0.4 is 5.32 Å². The van der Waals surface area contributed by atoms with Crippen molar-refractivity contribution in [2.24, 2.45) is 5.92 Å². The zero-order valence-electron chi connectivity index (χ0n) is 10.5. The summed E-state index contributed by atoms with van der Waals surface area (Å²) in [5.74, 6) is 1.05. The predicted molar refractivity (Wildman–Crippen MR) is 65.6 cm³/mol. The van der Waals surface area contributed by atoms with Gasteiger partial charge in [-0.25, -0.2) is 0 Å². The Morgan fingerprint density at radius 1 is 1.47 bits per heavy atom. The highest BCUT2D eigenvalue weighted by Crippen LogP contribution is 2.33. The Morgan fingerprint density at radius 2 is 2.18 bits per heavy atom. The molecule has 0 radical (unpaired) electrons. The molecular formula is C13H22N2O2. The van der Waals surface area contributed by atoms with Gasteiger partial charge in [-0.1, -0.05) is 0 Å². The molecule has 3 aliphatic heterocycles. The Labute approximate surface area is 103 Å². The van der Waals surface area contributed by atoms with Gasteiger partial charge >= 0.3 is 0 Å². The van der Waals surface area contributed by atoms with E-state index in [-0.39, 0.29) is 11.8 Å². The van der Waals surface area contributed by atoms with Crippen molar-refractivity contribution in [3.8, 4) is 0 Å². The van der Waals surface area contributed by atoms with Crippen LogP contribution in [0.15, 0.2) is 0 Å². The molecule has 1 amide bonds. The summed E-state index contributed by atoms with van der Waals surface area (Å²) in [6, 6.07) is 0.276. The molecule has 4 heteroatoms. The van der Waals surface area contributed by atoms with E-state index in [0.29, 0.717) is 18.9 Å². The first-order chi connectivity index (χ1) is 8.20. The summed E-state index contributed by atoms with van der Waals surface area (Å²) in [5, 5.41) is 2.52. The molecule has 0 saturated carbocycles. The van der Waals surface area contributed by atoms with Crippen molar-refractivity contribution < 1.29 is 9.59 Å². The van der Waals surface area contributed by atoms with Crippen LogP contribution in [0.1, 0.15) is 39.0 Å². The number of carbonyl (C=O) groups is 2. The summed E-state index contributed by atoms with van der Waals surface area (Å²) in [5.41, 5.74) is 0. The second-order valence-electron chi connectivity index (χ2n) is 5.38. The maximum absolute atomic E-state index is 11.7. The summed E-state index contributed by atoms with van der Waals surface area (Å²) in [4.78, 5) is 24.5. The summed E-state index contributed by atoms with van der Waals surface area (Å²) in [6.07, 6.45) is 6.11. The number of Topliss-reactive ketones (excluding diaryl/α,β-unsaturated/α-hetero) is 1. The predicted octanol–water partition coefficient (Wildman–Crippen LogP) is 0.954. The lowest BCUT2D eigenvalue weighted by atomic mass is 9.81. The van der Waals surface area contributed by atoms with Gasteiger partial charge in [0, 0.05) is 12.5 Å². The highest BCUT2D eigenvalue weighted by Gasteiger charge is 2.33. The highest BCUT2D eigenvalue weighted by molar-refractivity contribution is 5.85. The van der Waals surface area contributed by atoms with Gasteiger partial charge in [0.2, 0.25) is 6.41 Å². The summed E-state index contributed by atoms with van der Waals surface area (Å²) in [6.45, 7) is 4.18. The topological polar surface area (TPSA) is 49.4 Å². The van der Waals surface area contributed by atoms with E-state index in [1.54, 1.807) is 6.92 Å². The molecular weight excluding hydrogens is 216 g/mol. The van der Waals surface area contributed by atoms with Crippen LogP contribution in [-0.4, -0.2) is 42.3 Å². The van der Waals surface area contributed by atoms with Crippen molar-refractivity contribution in [1.82, 2.24) is 10.2 Å². The number of piperidine rings is 3. The molecule has 3 heterocycles. The van der Waals surface area contributed by atoms with Crippen LogP contribution in [-0.2, 0) is 9.59 Å². The Morgan fingerprint density at radius 3 is 2.71 bits per heavy atom. The Bertz CT molecular complexity index is 285. The van der Waals surface area contributed by atoms with Crippen LogP contribution in [0.4, 0.5) is 0 Å². The fourth-order valence-electron chi connectivity index (χ4n) is 3.11. The van der Waals surface area contributed by atoms with E-state index < -0.39 is 0 Å². The molecule has 0 aromatic rings. The molecule has 4 nitrogen and oxygen atoms in total. The number of nitrogens with zero attached hydrogens (tertiary/aromatic N) is 1. The number of carbonyl (C=O) groups excluding carboxylic acids is 2. The molecule has 0 aliphatic carbocycles. The normalized spacial score (nSPS) is 33.1. The number of hydrogen-bond acceptors (Lipinski definition) is 3. The third kappa shape index (κ3) is 3.06.